The Morgan fingerprint density at radius 3 is 2.09 bits per heavy atom. The molecule has 6 nitrogen and oxygen atoms in total. The lowest BCUT2D eigenvalue weighted by Gasteiger charge is -2.27. The second-order valence-electron chi connectivity index (χ2n) is 8.52. The summed E-state index contributed by atoms with van der Waals surface area (Å²) in [7, 11) is 0. The molecule has 1 aliphatic carbocycles. The van der Waals surface area contributed by atoms with E-state index in [1.807, 2.05) is 0 Å². The van der Waals surface area contributed by atoms with Crippen molar-refractivity contribution in [1.29, 1.82) is 0 Å². The van der Waals surface area contributed by atoms with E-state index in [2.05, 4.69) is 15.9 Å². The summed E-state index contributed by atoms with van der Waals surface area (Å²) in [5.41, 5.74) is -0.823. The number of Topliss-reactive ketones (excluding diaryl/α,β-unsaturated/α-hetero) is 2. The average molecular weight is 537 g/mol. The summed E-state index contributed by atoms with van der Waals surface area (Å²) in [5.74, 6) is -4.68. The predicted molar refractivity (Wildman–Crippen MR) is 127 cm³/mol. The summed E-state index contributed by atoms with van der Waals surface area (Å²) in [6.45, 7) is 0. The summed E-state index contributed by atoms with van der Waals surface area (Å²) in [5, 5.41) is 0.410. The molecule has 6 rings (SSSR count). The highest BCUT2D eigenvalue weighted by Crippen LogP contribution is 2.57. The van der Waals surface area contributed by atoms with Gasteiger partial charge in [0, 0.05) is 20.6 Å². The molecule has 2 saturated heterocycles. The monoisotopic (exact) mass is 535 g/mol. The molecule has 2 heterocycles. The van der Waals surface area contributed by atoms with Crippen molar-refractivity contribution in [3.05, 3.63) is 99.0 Å². The van der Waals surface area contributed by atoms with E-state index in [1.54, 1.807) is 72.8 Å². The van der Waals surface area contributed by atoms with Crippen molar-refractivity contribution >= 4 is 56.6 Å². The second-order valence-corrected chi connectivity index (χ2v) is 9.88. The minimum atomic E-state index is -2.10. The highest BCUT2D eigenvalue weighted by molar-refractivity contribution is 9.10. The zero-order valence-corrected chi connectivity index (χ0v) is 19.7. The first kappa shape index (κ1) is 21.4. The van der Waals surface area contributed by atoms with Crippen LogP contribution in [0.4, 0.5) is 5.69 Å². The van der Waals surface area contributed by atoms with E-state index in [-0.39, 0.29) is 11.1 Å². The van der Waals surface area contributed by atoms with Crippen molar-refractivity contribution in [2.24, 2.45) is 11.8 Å². The van der Waals surface area contributed by atoms with E-state index in [0.717, 1.165) is 9.37 Å². The fourth-order valence-electron chi connectivity index (χ4n) is 5.35. The minimum Gasteiger partial charge on any atom is -0.349 e. The number of rotatable bonds is 2. The second kappa shape index (κ2) is 7.43. The number of halogens is 2. The van der Waals surface area contributed by atoms with Crippen LogP contribution in [0.3, 0.4) is 0 Å². The van der Waals surface area contributed by atoms with Crippen molar-refractivity contribution in [3.8, 4) is 0 Å². The topological polar surface area (TPSA) is 80.8 Å². The van der Waals surface area contributed by atoms with Crippen LogP contribution in [0.5, 0.6) is 0 Å². The molecule has 0 unspecified atom stereocenters. The number of hydrogen-bond donors (Lipinski definition) is 0. The van der Waals surface area contributed by atoms with Gasteiger partial charge in [0.1, 0.15) is 0 Å². The zero-order valence-electron chi connectivity index (χ0n) is 17.4. The fourth-order valence-corrected chi connectivity index (χ4v) is 5.81. The average Bonchev–Trinajstić information content (AvgIpc) is 3.40. The Balaban J connectivity index is 1.55. The van der Waals surface area contributed by atoms with E-state index in [0.29, 0.717) is 16.3 Å². The summed E-state index contributed by atoms with van der Waals surface area (Å²) in [6.07, 6.45) is -0.997. The first-order valence-electron chi connectivity index (χ1n) is 10.6. The van der Waals surface area contributed by atoms with E-state index in [1.165, 1.54) is 0 Å². The number of anilines is 1. The van der Waals surface area contributed by atoms with Gasteiger partial charge in [-0.2, -0.15) is 0 Å². The van der Waals surface area contributed by atoms with Crippen molar-refractivity contribution < 1.29 is 23.9 Å². The van der Waals surface area contributed by atoms with Crippen LogP contribution in [0.25, 0.3) is 0 Å². The number of carbonyl (C=O) groups excluding carboxylic acids is 4. The SMILES string of the molecule is O=C1[C@@H]2[C@@H](c3cccc(Cl)c3)OC3(C(=O)c4ccccc4C3=O)[C@@H]2C(=O)N1c1ccc(Br)cc1. The molecule has 3 aromatic carbocycles. The van der Waals surface area contributed by atoms with Crippen molar-refractivity contribution in [2.45, 2.75) is 11.7 Å². The highest BCUT2D eigenvalue weighted by atomic mass is 79.9. The first-order valence-corrected chi connectivity index (χ1v) is 11.8. The van der Waals surface area contributed by atoms with E-state index >= 15 is 0 Å². The number of hydrogen-bond acceptors (Lipinski definition) is 5. The molecule has 1 spiro atoms. The van der Waals surface area contributed by atoms with E-state index < -0.39 is 46.9 Å². The third-order valence-corrected chi connectivity index (χ3v) is 7.54. The smallest absolute Gasteiger partial charge is 0.241 e. The van der Waals surface area contributed by atoms with Gasteiger partial charge < -0.3 is 4.74 Å². The van der Waals surface area contributed by atoms with Crippen LogP contribution in [-0.4, -0.2) is 29.0 Å². The summed E-state index contributed by atoms with van der Waals surface area (Å²) < 4.78 is 7.02. The quantitative estimate of drug-likeness (QED) is 0.347. The third-order valence-electron chi connectivity index (χ3n) is 6.78. The van der Waals surface area contributed by atoms with Crippen molar-refractivity contribution in [3.63, 3.8) is 0 Å². The number of ether oxygens (including phenoxy) is 1. The van der Waals surface area contributed by atoms with Gasteiger partial charge in [-0.25, -0.2) is 4.90 Å². The van der Waals surface area contributed by atoms with Crippen molar-refractivity contribution in [1.82, 2.24) is 0 Å². The van der Waals surface area contributed by atoms with Gasteiger partial charge in [-0.05, 0) is 42.0 Å². The van der Waals surface area contributed by atoms with E-state index in [4.69, 9.17) is 16.3 Å². The first-order chi connectivity index (χ1) is 16.3. The normalized spacial score (nSPS) is 24.8. The molecular weight excluding hydrogens is 522 g/mol. The van der Waals surface area contributed by atoms with Gasteiger partial charge in [0.2, 0.25) is 29.0 Å². The third kappa shape index (κ3) is 2.72. The molecule has 0 bridgehead atoms. The molecule has 0 aromatic heterocycles. The lowest BCUT2D eigenvalue weighted by atomic mass is 9.77. The van der Waals surface area contributed by atoms with Gasteiger partial charge in [-0.3, -0.25) is 19.2 Å². The van der Waals surface area contributed by atoms with Crippen LogP contribution < -0.4 is 4.90 Å². The Kier molecular flexibility index (Phi) is 4.68. The van der Waals surface area contributed by atoms with Crippen LogP contribution >= 0.6 is 27.5 Å². The lowest BCUT2D eigenvalue weighted by Crippen LogP contribution is -2.51. The van der Waals surface area contributed by atoms with Crippen LogP contribution in [0.15, 0.2) is 77.3 Å². The lowest BCUT2D eigenvalue weighted by molar-refractivity contribution is -0.127. The molecule has 168 valence electrons. The zero-order chi connectivity index (χ0) is 23.8. The number of imide groups is 1. The highest BCUT2D eigenvalue weighted by Gasteiger charge is 2.74. The Labute approximate surface area is 207 Å². The molecule has 8 heteroatoms. The maximum Gasteiger partial charge on any atom is 0.241 e. The molecule has 2 fully saturated rings. The Morgan fingerprint density at radius 1 is 0.824 bits per heavy atom. The summed E-state index contributed by atoms with van der Waals surface area (Å²) in [4.78, 5) is 56.0. The van der Waals surface area contributed by atoms with E-state index in [9.17, 15) is 19.2 Å². The largest absolute Gasteiger partial charge is 0.349 e. The van der Waals surface area contributed by atoms with Gasteiger partial charge in [0.25, 0.3) is 0 Å². The number of amides is 2. The number of fused-ring (bicyclic) bond motifs is 3. The summed E-state index contributed by atoms with van der Waals surface area (Å²) >= 11 is 9.55. The maximum atomic E-state index is 13.8. The molecular formula is C26H15BrClNO5. The van der Waals surface area contributed by atoms with Gasteiger partial charge in [0.15, 0.2) is 0 Å². The predicted octanol–water partition coefficient (Wildman–Crippen LogP) is 4.80. The molecule has 0 saturated carbocycles. The number of nitrogens with zero attached hydrogens (tertiary/aromatic N) is 1. The number of ketones is 2. The Hall–Kier alpha value is -3.13. The number of benzene rings is 3. The Bertz CT molecular complexity index is 1380. The molecule has 3 aliphatic rings. The minimum absolute atomic E-state index is 0.195. The Morgan fingerprint density at radius 2 is 1.47 bits per heavy atom. The molecule has 2 aliphatic heterocycles. The van der Waals surface area contributed by atoms with Gasteiger partial charge in [-0.1, -0.05) is 63.9 Å². The number of carbonyl (C=O) groups is 4. The fraction of sp³-hybridized carbons (Fsp3) is 0.154. The van der Waals surface area contributed by atoms with Gasteiger partial charge >= 0.3 is 0 Å². The molecule has 2 amide bonds. The van der Waals surface area contributed by atoms with Crippen LogP contribution in [0, 0.1) is 11.8 Å². The van der Waals surface area contributed by atoms with Crippen LogP contribution in [0.2, 0.25) is 5.02 Å². The van der Waals surface area contributed by atoms with Crippen LogP contribution in [0.1, 0.15) is 32.4 Å². The maximum absolute atomic E-state index is 13.8. The van der Waals surface area contributed by atoms with Crippen molar-refractivity contribution in [2.75, 3.05) is 4.90 Å². The summed E-state index contributed by atoms with van der Waals surface area (Å²) in [6, 6.07) is 19.8. The molecule has 0 radical (unpaired) electrons. The van der Waals surface area contributed by atoms with Gasteiger partial charge in [-0.15, -0.1) is 0 Å². The van der Waals surface area contributed by atoms with Gasteiger partial charge in [0.05, 0.1) is 23.6 Å². The molecule has 3 atom stereocenters. The standard InChI is InChI=1S/C26H15BrClNO5/c27-14-8-10-16(11-9-14)29-24(32)19-20(25(29)33)26(34-21(19)13-4-3-5-15(28)12-13)22(30)17-6-1-2-7-18(17)23(26)31/h1-12,19-21H/t19-,20-,21+/m0/s1. The van der Waals surface area contributed by atoms with Crippen LogP contribution in [-0.2, 0) is 14.3 Å². The molecule has 0 N–H and O–H groups in total. The molecule has 34 heavy (non-hydrogen) atoms. The molecule has 3 aromatic rings.